The van der Waals surface area contributed by atoms with Gasteiger partial charge in [0.25, 0.3) is 0 Å². The molecule has 0 aliphatic carbocycles. The number of carboxylic acids is 1. The molecular weight excluding hydrogens is 624 g/mol. The molecule has 1 aliphatic heterocycles. The van der Waals surface area contributed by atoms with E-state index in [2.05, 4.69) is 20.6 Å². The summed E-state index contributed by atoms with van der Waals surface area (Å²) in [5, 5.41) is 16.3. The van der Waals surface area contributed by atoms with E-state index in [-0.39, 0.29) is 49.6 Å². The predicted octanol–water partition coefficient (Wildman–Crippen LogP) is 1.19. The van der Waals surface area contributed by atoms with Crippen LogP contribution >= 0.6 is 0 Å². The number of anilines is 1. The van der Waals surface area contributed by atoms with Crippen molar-refractivity contribution in [2.45, 2.75) is 61.5 Å². The van der Waals surface area contributed by atoms with Crippen LogP contribution in [0.15, 0.2) is 70.7 Å². The normalized spacial score (nSPS) is 16.5. The molecule has 15 heteroatoms. The minimum Gasteiger partial charge on any atom is -0.480 e. The van der Waals surface area contributed by atoms with Crippen LogP contribution in [0.3, 0.4) is 0 Å². The van der Waals surface area contributed by atoms with E-state index in [4.69, 9.17) is 11.5 Å². The summed E-state index contributed by atoms with van der Waals surface area (Å²) in [6.07, 6.45) is 3.24. The number of guanidine groups is 1. The van der Waals surface area contributed by atoms with Crippen LogP contribution < -0.4 is 27.0 Å². The van der Waals surface area contributed by atoms with Gasteiger partial charge in [-0.3, -0.25) is 19.6 Å². The van der Waals surface area contributed by atoms with Crippen LogP contribution in [0.2, 0.25) is 0 Å². The number of piperidine rings is 1. The zero-order valence-electron chi connectivity index (χ0n) is 26.5. The Balaban J connectivity index is 1.60. The minimum atomic E-state index is -4.15. The maximum Gasteiger partial charge on any atom is 0.326 e. The number of pyridine rings is 1. The molecule has 14 nitrogen and oxygen atoms in total. The van der Waals surface area contributed by atoms with Crippen LogP contribution in [0, 0.1) is 0 Å². The van der Waals surface area contributed by atoms with E-state index in [9.17, 15) is 27.9 Å². The standard InChI is InChI=1S/C32H42N8O6S/c1-39(2)26-15-7-12-23-22(26)11-8-16-28(23)47(45,46)40-19-6-4-14-27(40)30(42)38-25(20-21-10-3-5-17-35-21)29(41)37-24(31(43)44)13-9-18-36-32(33)34/h3,5,7-8,10-12,15-17,24-25,27H,4,6,9,13-14,18-20H2,1-2H3,(H,37,41)(H,38,42)(H,43,44)(H4,33,34,36)/t24-,25-,27-/m0/s1. The number of carboxylic acid groups (broad SMARTS) is 1. The SMILES string of the molecule is CN(C)c1cccc2c(S(=O)(=O)N3CCCC[C@H]3C(=O)N[C@@H](Cc3ccccn3)C(=O)N[C@@H](CCCN=C(N)N)C(=O)O)cccc12. The number of amides is 2. The molecule has 1 aromatic heterocycles. The maximum atomic E-state index is 14.2. The lowest BCUT2D eigenvalue weighted by atomic mass is 10.0. The van der Waals surface area contributed by atoms with Gasteiger partial charge in [0.2, 0.25) is 21.8 Å². The number of aliphatic imine (C=N–C) groups is 1. The van der Waals surface area contributed by atoms with E-state index in [0.29, 0.717) is 23.9 Å². The van der Waals surface area contributed by atoms with Crippen LogP contribution in [0.25, 0.3) is 10.8 Å². The summed E-state index contributed by atoms with van der Waals surface area (Å²) in [7, 11) is -0.397. The van der Waals surface area contributed by atoms with Crippen LogP contribution in [0.1, 0.15) is 37.8 Å². The van der Waals surface area contributed by atoms with Gasteiger partial charge in [0.1, 0.15) is 18.1 Å². The Bertz CT molecular complexity index is 1710. The highest BCUT2D eigenvalue weighted by molar-refractivity contribution is 7.89. The van der Waals surface area contributed by atoms with Crippen molar-refractivity contribution in [1.82, 2.24) is 19.9 Å². The van der Waals surface area contributed by atoms with Gasteiger partial charge in [0, 0.05) is 62.0 Å². The number of nitrogens with zero attached hydrogens (tertiary/aromatic N) is 4. The Morgan fingerprint density at radius 1 is 1.02 bits per heavy atom. The van der Waals surface area contributed by atoms with Crippen LogP contribution in [-0.4, -0.2) is 91.9 Å². The molecule has 0 unspecified atom stereocenters. The third-order valence-corrected chi connectivity index (χ3v) is 9.98. The molecule has 0 bridgehead atoms. The molecule has 2 heterocycles. The minimum absolute atomic E-state index is 0.0390. The fraction of sp³-hybridized carbons (Fsp3) is 0.406. The highest BCUT2D eigenvalue weighted by atomic mass is 32.2. The summed E-state index contributed by atoms with van der Waals surface area (Å²) in [6, 6.07) is 12.0. The van der Waals surface area contributed by atoms with Crippen molar-refractivity contribution >= 4 is 50.2 Å². The number of hydrogen-bond donors (Lipinski definition) is 5. The number of nitrogens with one attached hydrogen (secondary N) is 2. The molecule has 4 rings (SSSR count). The fourth-order valence-electron chi connectivity index (χ4n) is 5.70. The number of sulfonamides is 1. The third kappa shape index (κ3) is 8.74. The number of nitrogens with two attached hydrogens (primary N) is 2. The largest absolute Gasteiger partial charge is 0.480 e. The first-order chi connectivity index (χ1) is 22.4. The molecule has 1 fully saturated rings. The molecule has 3 atom stereocenters. The number of hydrogen-bond acceptors (Lipinski definition) is 8. The summed E-state index contributed by atoms with van der Waals surface area (Å²) in [5.41, 5.74) is 12.0. The molecule has 7 N–H and O–H groups in total. The molecule has 2 aromatic carbocycles. The Labute approximate surface area is 274 Å². The molecule has 0 radical (unpaired) electrons. The molecular formula is C32H42N8O6S. The smallest absolute Gasteiger partial charge is 0.326 e. The van der Waals surface area contributed by atoms with Crippen molar-refractivity contribution in [1.29, 1.82) is 0 Å². The first-order valence-corrected chi connectivity index (χ1v) is 16.8. The van der Waals surface area contributed by atoms with E-state index >= 15 is 0 Å². The third-order valence-electron chi connectivity index (χ3n) is 8.02. The zero-order valence-corrected chi connectivity index (χ0v) is 27.3. The number of benzene rings is 2. The number of aromatic nitrogens is 1. The van der Waals surface area contributed by atoms with Gasteiger partial charge in [-0.2, -0.15) is 4.31 Å². The van der Waals surface area contributed by atoms with Crippen molar-refractivity contribution in [2.24, 2.45) is 16.5 Å². The lowest BCUT2D eigenvalue weighted by molar-refractivity contribution is -0.142. The quantitative estimate of drug-likeness (QED) is 0.0942. The van der Waals surface area contributed by atoms with Gasteiger partial charge in [-0.05, 0) is 49.9 Å². The van der Waals surface area contributed by atoms with Gasteiger partial charge in [0.05, 0.1) is 4.90 Å². The number of carbonyl (C=O) groups excluding carboxylic acids is 2. The second kappa shape index (κ2) is 15.7. The molecule has 0 spiro atoms. The average Bonchev–Trinajstić information content (AvgIpc) is 3.05. The van der Waals surface area contributed by atoms with E-state index in [1.165, 1.54) is 16.6 Å². The summed E-state index contributed by atoms with van der Waals surface area (Å²) in [4.78, 5) is 49.5. The van der Waals surface area contributed by atoms with Crippen molar-refractivity contribution in [3.8, 4) is 0 Å². The monoisotopic (exact) mass is 666 g/mol. The van der Waals surface area contributed by atoms with Crippen LogP contribution in [0.5, 0.6) is 0 Å². The highest BCUT2D eigenvalue weighted by Gasteiger charge is 2.40. The first kappa shape index (κ1) is 35.1. The lowest BCUT2D eigenvalue weighted by Crippen LogP contribution is -2.58. The van der Waals surface area contributed by atoms with Gasteiger partial charge in [-0.15, -0.1) is 0 Å². The Hall–Kier alpha value is -4.76. The molecule has 3 aromatic rings. The van der Waals surface area contributed by atoms with E-state index in [1.807, 2.05) is 31.1 Å². The van der Waals surface area contributed by atoms with Crippen LogP contribution in [0.4, 0.5) is 5.69 Å². The molecule has 2 amide bonds. The summed E-state index contributed by atoms with van der Waals surface area (Å²) >= 11 is 0. The molecule has 0 saturated carbocycles. The Morgan fingerprint density at radius 2 is 1.77 bits per heavy atom. The predicted molar refractivity (Wildman–Crippen MR) is 179 cm³/mol. The number of carbonyl (C=O) groups is 3. The van der Waals surface area contributed by atoms with E-state index in [1.54, 1.807) is 36.4 Å². The topological polar surface area (TPSA) is 213 Å². The molecule has 1 aliphatic rings. The Kier molecular flexibility index (Phi) is 11.7. The Morgan fingerprint density at radius 3 is 2.45 bits per heavy atom. The highest BCUT2D eigenvalue weighted by Crippen LogP contribution is 2.34. The fourth-order valence-corrected chi connectivity index (χ4v) is 7.56. The average molecular weight is 667 g/mol. The second-order valence-corrected chi connectivity index (χ2v) is 13.4. The molecule has 47 heavy (non-hydrogen) atoms. The van der Waals surface area contributed by atoms with Crippen molar-refractivity contribution < 1.29 is 27.9 Å². The van der Waals surface area contributed by atoms with Crippen LogP contribution in [-0.2, 0) is 30.8 Å². The molecule has 1 saturated heterocycles. The van der Waals surface area contributed by atoms with Gasteiger partial charge >= 0.3 is 5.97 Å². The van der Waals surface area contributed by atoms with Gasteiger partial charge < -0.3 is 32.1 Å². The number of fused-ring (bicyclic) bond motifs is 1. The van der Waals surface area contributed by atoms with Gasteiger partial charge in [-0.1, -0.05) is 36.8 Å². The number of rotatable bonds is 14. The van der Waals surface area contributed by atoms with Crippen molar-refractivity contribution in [3.63, 3.8) is 0 Å². The maximum absolute atomic E-state index is 14.2. The summed E-state index contributed by atoms with van der Waals surface area (Å²) < 4.78 is 29.7. The second-order valence-electron chi connectivity index (χ2n) is 11.6. The summed E-state index contributed by atoms with van der Waals surface area (Å²) in [6.45, 7) is 0.299. The van der Waals surface area contributed by atoms with Crippen molar-refractivity contribution in [2.75, 3.05) is 32.1 Å². The lowest BCUT2D eigenvalue weighted by Gasteiger charge is -2.35. The van der Waals surface area contributed by atoms with Gasteiger partial charge in [0.15, 0.2) is 5.96 Å². The summed E-state index contributed by atoms with van der Waals surface area (Å²) in [5.74, 6) is -2.79. The first-order valence-electron chi connectivity index (χ1n) is 15.4. The molecule has 252 valence electrons. The number of aliphatic carboxylic acids is 1. The van der Waals surface area contributed by atoms with E-state index in [0.717, 1.165) is 11.1 Å². The zero-order chi connectivity index (χ0) is 34.1. The van der Waals surface area contributed by atoms with E-state index < -0.39 is 45.9 Å². The van der Waals surface area contributed by atoms with Gasteiger partial charge in [-0.25, -0.2) is 13.2 Å². The van der Waals surface area contributed by atoms with Crippen molar-refractivity contribution in [3.05, 3.63) is 66.5 Å².